The van der Waals surface area contributed by atoms with Gasteiger partial charge in [0.1, 0.15) is 6.61 Å². The monoisotopic (exact) mass is 250 g/mol. The minimum Gasteiger partial charge on any atom is -0.385 e. The summed E-state index contributed by atoms with van der Waals surface area (Å²) in [5, 5.41) is 0. The first-order chi connectivity index (χ1) is 8.77. The van der Waals surface area contributed by atoms with E-state index in [0.717, 1.165) is 24.8 Å². The number of carbonyl (C=O) groups excluding carboxylic acids is 1. The third-order valence-electron chi connectivity index (χ3n) is 2.68. The lowest BCUT2D eigenvalue weighted by Gasteiger charge is -2.04. The average molecular weight is 250 g/mol. The largest absolute Gasteiger partial charge is 0.385 e. The molecule has 3 heteroatoms. The van der Waals surface area contributed by atoms with Crippen molar-refractivity contribution in [3.8, 4) is 0 Å². The van der Waals surface area contributed by atoms with Gasteiger partial charge in [0.15, 0.2) is 5.78 Å². The summed E-state index contributed by atoms with van der Waals surface area (Å²) in [6.45, 7) is 3.52. The number of rotatable bonds is 9. The smallest absolute Gasteiger partial charge is 0.188 e. The number of ketones is 1. The summed E-state index contributed by atoms with van der Waals surface area (Å²) in [7, 11) is 1.66. The highest BCUT2D eigenvalue weighted by molar-refractivity contribution is 5.97. The van der Waals surface area contributed by atoms with E-state index in [2.05, 4.69) is 6.92 Å². The predicted octanol–water partition coefficient (Wildman–Crippen LogP) is 2.87. The van der Waals surface area contributed by atoms with Gasteiger partial charge in [0.05, 0.1) is 0 Å². The van der Waals surface area contributed by atoms with Gasteiger partial charge in [0, 0.05) is 25.9 Å². The van der Waals surface area contributed by atoms with Crippen molar-refractivity contribution in [2.24, 2.45) is 0 Å². The van der Waals surface area contributed by atoms with Gasteiger partial charge in [0.2, 0.25) is 0 Å². The number of methoxy groups -OCH3 is 1. The molecule has 1 aromatic rings. The highest BCUT2D eigenvalue weighted by Crippen LogP contribution is 2.07. The Balaban J connectivity index is 2.32. The Hall–Kier alpha value is -1.19. The maximum absolute atomic E-state index is 11.8. The van der Waals surface area contributed by atoms with Crippen molar-refractivity contribution in [1.29, 1.82) is 0 Å². The lowest BCUT2D eigenvalue weighted by molar-refractivity contribution is 0.0705. The molecule has 1 rings (SSSR count). The van der Waals surface area contributed by atoms with Crippen molar-refractivity contribution in [2.75, 3.05) is 26.9 Å². The number of ether oxygens (including phenoxy) is 2. The topological polar surface area (TPSA) is 35.5 Å². The number of hydrogen-bond donors (Lipinski definition) is 0. The van der Waals surface area contributed by atoms with E-state index in [9.17, 15) is 4.79 Å². The van der Waals surface area contributed by atoms with Crippen LogP contribution in [0.15, 0.2) is 24.3 Å². The highest BCUT2D eigenvalue weighted by Gasteiger charge is 2.05. The zero-order chi connectivity index (χ0) is 13.2. The Morgan fingerprint density at radius 3 is 2.50 bits per heavy atom. The summed E-state index contributed by atoms with van der Waals surface area (Å²) in [6.07, 6.45) is 3.00. The van der Waals surface area contributed by atoms with Gasteiger partial charge in [-0.2, -0.15) is 0 Å². The summed E-state index contributed by atoms with van der Waals surface area (Å²) in [5.41, 5.74) is 2.00. The van der Waals surface area contributed by atoms with E-state index in [1.54, 1.807) is 7.11 Å². The average Bonchev–Trinajstić information content (AvgIpc) is 2.39. The summed E-state index contributed by atoms with van der Waals surface area (Å²) in [4.78, 5) is 11.8. The molecular weight excluding hydrogens is 228 g/mol. The lowest BCUT2D eigenvalue weighted by Crippen LogP contribution is -2.10. The standard InChI is InChI=1S/C15H22O3/c1-3-5-13-6-8-14(9-7-13)15(16)12-18-11-4-10-17-2/h6-9H,3-5,10-12H2,1-2H3. The first-order valence-corrected chi connectivity index (χ1v) is 6.46. The van der Waals surface area contributed by atoms with Crippen molar-refractivity contribution >= 4 is 5.78 Å². The van der Waals surface area contributed by atoms with Crippen LogP contribution < -0.4 is 0 Å². The SMILES string of the molecule is CCCc1ccc(C(=O)COCCCOC)cc1. The fourth-order valence-electron chi connectivity index (χ4n) is 1.70. The van der Waals surface area contributed by atoms with Crippen molar-refractivity contribution in [1.82, 2.24) is 0 Å². The Kier molecular flexibility index (Phi) is 7.30. The molecule has 0 fully saturated rings. The highest BCUT2D eigenvalue weighted by atomic mass is 16.5. The molecule has 0 bridgehead atoms. The molecule has 3 nitrogen and oxygen atoms in total. The molecule has 0 heterocycles. The molecule has 0 atom stereocenters. The van der Waals surface area contributed by atoms with Crippen LogP contribution in [0.25, 0.3) is 0 Å². The molecule has 0 saturated heterocycles. The molecule has 0 amide bonds. The molecule has 0 aliphatic carbocycles. The minimum atomic E-state index is 0.0375. The second-order valence-corrected chi connectivity index (χ2v) is 4.27. The van der Waals surface area contributed by atoms with Crippen molar-refractivity contribution < 1.29 is 14.3 Å². The van der Waals surface area contributed by atoms with Gasteiger partial charge in [-0.15, -0.1) is 0 Å². The van der Waals surface area contributed by atoms with Gasteiger partial charge in [-0.3, -0.25) is 4.79 Å². The van der Waals surface area contributed by atoms with Crippen LogP contribution in [0.1, 0.15) is 35.7 Å². The number of carbonyl (C=O) groups is 1. The Morgan fingerprint density at radius 2 is 1.89 bits per heavy atom. The van der Waals surface area contributed by atoms with E-state index in [1.807, 2.05) is 24.3 Å². The number of aryl methyl sites for hydroxylation is 1. The van der Waals surface area contributed by atoms with Crippen LogP contribution in [-0.2, 0) is 15.9 Å². The summed E-state index contributed by atoms with van der Waals surface area (Å²) < 4.78 is 10.2. The molecular formula is C15H22O3. The lowest BCUT2D eigenvalue weighted by atomic mass is 10.1. The Labute approximate surface area is 109 Å². The van der Waals surface area contributed by atoms with Crippen LogP contribution in [-0.4, -0.2) is 32.7 Å². The molecule has 0 aliphatic heterocycles. The summed E-state index contributed by atoms with van der Waals surface area (Å²) >= 11 is 0. The van der Waals surface area contributed by atoms with E-state index < -0.39 is 0 Å². The first-order valence-electron chi connectivity index (χ1n) is 6.46. The number of benzene rings is 1. The molecule has 0 saturated carbocycles. The van der Waals surface area contributed by atoms with Crippen LogP contribution in [0.5, 0.6) is 0 Å². The molecule has 0 spiro atoms. The molecule has 0 aromatic heterocycles. The normalized spacial score (nSPS) is 10.6. The third kappa shape index (κ3) is 5.43. The molecule has 0 unspecified atom stereocenters. The zero-order valence-electron chi connectivity index (χ0n) is 11.3. The van der Waals surface area contributed by atoms with Gasteiger partial charge < -0.3 is 9.47 Å². The van der Waals surface area contributed by atoms with Gasteiger partial charge in [-0.1, -0.05) is 37.6 Å². The van der Waals surface area contributed by atoms with Gasteiger partial charge in [0.25, 0.3) is 0 Å². The summed E-state index contributed by atoms with van der Waals surface area (Å²) in [6, 6.07) is 7.79. The van der Waals surface area contributed by atoms with Gasteiger partial charge >= 0.3 is 0 Å². The van der Waals surface area contributed by atoms with E-state index in [4.69, 9.17) is 9.47 Å². The maximum Gasteiger partial charge on any atom is 0.188 e. The van der Waals surface area contributed by atoms with E-state index in [0.29, 0.717) is 13.2 Å². The first kappa shape index (κ1) is 14.9. The van der Waals surface area contributed by atoms with Crippen LogP contribution in [0.2, 0.25) is 0 Å². The Bertz CT molecular complexity index is 343. The van der Waals surface area contributed by atoms with E-state index in [1.165, 1.54) is 5.56 Å². The maximum atomic E-state index is 11.8. The fourth-order valence-corrected chi connectivity index (χ4v) is 1.70. The molecule has 18 heavy (non-hydrogen) atoms. The molecule has 0 N–H and O–H groups in total. The quantitative estimate of drug-likeness (QED) is 0.499. The van der Waals surface area contributed by atoms with E-state index >= 15 is 0 Å². The second kappa shape index (κ2) is 8.84. The summed E-state index contributed by atoms with van der Waals surface area (Å²) in [5.74, 6) is 0.0375. The minimum absolute atomic E-state index is 0.0375. The van der Waals surface area contributed by atoms with E-state index in [-0.39, 0.29) is 12.4 Å². The number of hydrogen-bond acceptors (Lipinski definition) is 3. The van der Waals surface area contributed by atoms with Crippen molar-refractivity contribution in [3.63, 3.8) is 0 Å². The van der Waals surface area contributed by atoms with Crippen molar-refractivity contribution in [3.05, 3.63) is 35.4 Å². The van der Waals surface area contributed by atoms with Crippen LogP contribution in [0, 0.1) is 0 Å². The molecule has 0 aliphatic rings. The Morgan fingerprint density at radius 1 is 1.17 bits per heavy atom. The second-order valence-electron chi connectivity index (χ2n) is 4.27. The van der Waals surface area contributed by atoms with Gasteiger partial charge in [-0.05, 0) is 18.4 Å². The fraction of sp³-hybridized carbons (Fsp3) is 0.533. The van der Waals surface area contributed by atoms with Crippen LogP contribution >= 0.6 is 0 Å². The number of Topliss-reactive ketones (excluding diaryl/α,β-unsaturated/α-hetero) is 1. The molecule has 100 valence electrons. The van der Waals surface area contributed by atoms with Crippen molar-refractivity contribution in [2.45, 2.75) is 26.2 Å². The third-order valence-corrected chi connectivity index (χ3v) is 2.68. The van der Waals surface area contributed by atoms with Crippen LogP contribution in [0.3, 0.4) is 0 Å². The predicted molar refractivity (Wildman–Crippen MR) is 72.1 cm³/mol. The molecule has 1 aromatic carbocycles. The van der Waals surface area contributed by atoms with Crippen LogP contribution in [0.4, 0.5) is 0 Å². The van der Waals surface area contributed by atoms with Gasteiger partial charge in [-0.25, -0.2) is 0 Å². The zero-order valence-corrected chi connectivity index (χ0v) is 11.3. The molecule has 0 radical (unpaired) electrons.